The Hall–Kier alpha value is -1.08. The van der Waals surface area contributed by atoms with Crippen molar-refractivity contribution in [1.82, 2.24) is 0 Å². The molecule has 1 rings (SSSR count). The zero-order valence-corrected chi connectivity index (χ0v) is 9.07. The first-order valence-electron chi connectivity index (χ1n) is 5.02. The average Bonchev–Trinajstić information content (AvgIpc) is 2.27. The van der Waals surface area contributed by atoms with Crippen molar-refractivity contribution in [3.8, 4) is 0 Å². The van der Waals surface area contributed by atoms with E-state index >= 15 is 0 Å². The van der Waals surface area contributed by atoms with Crippen molar-refractivity contribution in [3.05, 3.63) is 47.5 Å². The van der Waals surface area contributed by atoms with Crippen LogP contribution >= 0.6 is 0 Å². The SMILES string of the molecule is C/C=C(/C)[C@@H](C)[C@@H](O)c1ccccc1. The van der Waals surface area contributed by atoms with Gasteiger partial charge in [0.1, 0.15) is 0 Å². The van der Waals surface area contributed by atoms with Gasteiger partial charge in [-0.2, -0.15) is 0 Å². The summed E-state index contributed by atoms with van der Waals surface area (Å²) in [5, 5.41) is 10.0. The lowest BCUT2D eigenvalue weighted by Crippen LogP contribution is -2.10. The van der Waals surface area contributed by atoms with E-state index in [-0.39, 0.29) is 5.92 Å². The molecule has 1 aromatic rings. The van der Waals surface area contributed by atoms with Crippen LogP contribution in [0.5, 0.6) is 0 Å². The Kier molecular flexibility index (Phi) is 3.90. The van der Waals surface area contributed by atoms with Gasteiger partial charge in [0.25, 0.3) is 0 Å². The van der Waals surface area contributed by atoms with Gasteiger partial charge in [-0.15, -0.1) is 0 Å². The monoisotopic (exact) mass is 190 g/mol. The van der Waals surface area contributed by atoms with E-state index < -0.39 is 6.10 Å². The van der Waals surface area contributed by atoms with Crippen LogP contribution in [0.3, 0.4) is 0 Å². The van der Waals surface area contributed by atoms with E-state index in [0.29, 0.717) is 0 Å². The molecule has 76 valence electrons. The molecule has 1 nitrogen and oxygen atoms in total. The van der Waals surface area contributed by atoms with Crippen molar-refractivity contribution in [2.24, 2.45) is 5.92 Å². The van der Waals surface area contributed by atoms with Crippen LogP contribution in [0.15, 0.2) is 42.0 Å². The topological polar surface area (TPSA) is 20.2 Å². The first-order valence-corrected chi connectivity index (χ1v) is 5.02. The highest BCUT2D eigenvalue weighted by Gasteiger charge is 2.16. The van der Waals surface area contributed by atoms with Crippen LogP contribution in [0.1, 0.15) is 32.4 Å². The smallest absolute Gasteiger partial charge is 0.0852 e. The van der Waals surface area contributed by atoms with Crippen LogP contribution < -0.4 is 0 Å². The maximum Gasteiger partial charge on any atom is 0.0852 e. The van der Waals surface area contributed by atoms with Crippen molar-refractivity contribution in [3.63, 3.8) is 0 Å². The Morgan fingerprint density at radius 3 is 2.36 bits per heavy atom. The van der Waals surface area contributed by atoms with Crippen molar-refractivity contribution in [2.45, 2.75) is 26.9 Å². The quantitative estimate of drug-likeness (QED) is 0.725. The maximum atomic E-state index is 10.0. The van der Waals surface area contributed by atoms with E-state index in [0.717, 1.165) is 5.56 Å². The standard InChI is InChI=1S/C13H18O/c1-4-10(2)11(3)13(14)12-8-6-5-7-9-12/h4-9,11,13-14H,1-3H3/b10-4-/t11-,13-/m1/s1. The van der Waals surface area contributed by atoms with Gasteiger partial charge < -0.3 is 5.11 Å². The molecule has 0 saturated carbocycles. The number of aliphatic hydroxyl groups excluding tert-OH is 1. The molecule has 0 saturated heterocycles. The van der Waals surface area contributed by atoms with Crippen LogP contribution in [0.2, 0.25) is 0 Å². The normalized spacial score (nSPS) is 16.4. The lowest BCUT2D eigenvalue weighted by atomic mass is 9.91. The van der Waals surface area contributed by atoms with Crippen LogP contribution in [-0.2, 0) is 0 Å². The Balaban J connectivity index is 2.81. The molecule has 14 heavy (non-hydrogen) atoms. The van der Waals surface area contributed by atoms with Crippen molar-refractivity contribution >= 4 is 0 Å². The minimum absolute atomic E-state index is 0.183. The molecule has 1 heteroatoms. The molecular formula is C13H18O. The summed E-state index contributed by atoms with van der Waals surface area (Å²) in [5.41, 5.74) is 2.21. The molecule has 0 spiro atoms. The molecule has 0 heterocycles. The predicted molar refractivity (Wildman–Crippen MR) is 60.0 cm³/mol. The van der Waals surface area contributed by atoms with Crippen molar-refractivity contribution in [1.29, 1.82) is 0 Å². The number of benzene rings is 1. The van der Waals surface area contributed by atoms with Gasteiger partial charge in [0.2, 0.25) is 0 Å². The molecule has 0 unspecified atom stereocenters. The van der Waals surface area contributed by atoms with Gasteiger partial charge in [-0.05, 0) is 19.4 Å². The molecule has 0 bridgehead atoms. The summed E-state index contributed by atoms with van der Waals surface area (Å²) < 4.78 is 0. The van der Waals surface area contributed by atoms with E-state index in [2.05, 4.69) is 13.0 Å². The highest BCUT2D eigenvalue weighted by molar-refractivity contribution is 5.20. The zero-order valence-electron chi connectivity index (χ0n) is 9.07. The molecule has 0 aliphatic carbocycles. The van der Waals surface area contributed by atoms with Crippen LogP contribution in [0.25, 0.3) is 0 Å². The third-order valence-electron chi connectivity index (χ3n) is 2.79. The summed E-state index contributed by atoms with van der Waals surface area (Å²) in [6.45, 7) is 6.10. The van der Waals surface area contributed by atoms with Gasteiger partial charge >= 0.3 is 0 Å². The van der Waals surface area contributed by atoms with E-state index in [1.54, 1.807) is 0 Å². The van der Waals surface area contributed by atoms with Gasteiger partial charge in [-0.1, -0.05) is 48.9 Å². The van der Waals surface area contributed by atoms with E-state index in [1.807, 2.05) is 44.2 Å². The molecule has 0 aliphatic heterocycles. The number of hydrogen-bond donors (Lipinski definition) is 1. The average molecular weight is 190 g/mol. The Morgan fingerprint density at radius 2 is 1.86 bits per heavy atom. The van der Waals surface area contributed by atoms with Gasteiger partial charge in [0, 0.05) is 5.92 Å². The lowest BCUT2D eigenvalue weighted by molar-refractivity contribution is 0.134. The van der Waals surface area contributed by atoms with Gasteiger partial charge in [-0.3, -0.25) is 0 Å². The summed E-state index contributed by atoms with van der Waals surface area (Å²) in [6.07, 6.45) is 1.66. The summed E-state index contributed by atoms with van der Waals surface area (Å²) in [5.74, 6) is 0.183. The number of hydrogen-bond acceptors (Lipinski definition) is 1. The van der Waals surface area contributed by atoms with Crippen LogP contribution in [-0.4, -0.2) is 5.11 Å². The molecule has 0 aromatic heterocycles. The Labute approximate surface area is 86.1 Å². The Morgan fingerprint density at radius 1 is 1.29 bits per heavy atom. The maximum absolute atomic E-state index is 10.0. The zero-order chi connectivity index (χ0) is 10.6. The summed E-state index contributed by atoms with van der Waals surface area (Å²) >= 11 is 0. The van der Waals surface area contributed by atoms with E-state index in [1.165, 1.54) is 5.57 Å². The first-order chi connectivity index (χ1) is 6.66. The molecule has 1 aromatic carbocycles. The molecule has 0 fully saturated rings. The number of rotatable bonds is 3. The fourth-order valence-electron chi connectivity index (χ4n) is 1.45. The minimum atomic E-state index is -0.396. The molecule has 0 amide bonds. The number of allylic oxidation sites excluding steroid dienone is 1. The summed E-state index contributed by atoms with van der Waals surface area (Å²) in [4.78, 5) is 0. The fourth-order valence-corrected chi connectivity index (χ4v) is 1.45. The second-order valence-electron chi connectivity index (χ2n) is 3.68. The third-order valence-corrected chi connectivity index (χ3v) is 2.79. The molecular weight excluding hydrogens is 172 g/mol. The molecule has 0 aliphatic rings. The predicted octanol–water partition coefficient (Wildman–Crippen LogP) is 3.32. The fraction of sp³-hybridized carbons (Fsp3) is 0.385. The lowest BCUT2D eigenvalue weighted by Gasteiger charge is -2.19. The van der Waals surface area contributed by atoms with Crippen molar-refractivity contribution in [2.75, 3.05) is 0 Å². The van der Waals surface area contributed by atoms with E-state index in [4.69, 9.17) is 0 Å². The molecule has 2 atom stereocenters. The van der Waals surface area contributed by atoms with Crippen molar-refractivity contribution < 1.29 is 5.11 Å². The van der Waals surface area contributed by atoms with Gasteiger partial charge in [0.05, 0.1) is 6.10 Å². The third kappa shape index (κ3) is 2.46. The molecule has 1 N–H and O–H groups in total. The van der Waals surface area contributed by atoms with Crippen LogP contribution in [0, 0.1) is 5.92 Å². The Bertz CT molecular complexity index is 300. The number of aliphatic hydroxyl groups is 1. The van der Waals surface area contributed by atoms with Gasteiger partial charge in [0.15, 0.2) is 0 Å². The molecule has 0 radical (unpaired) electrons. The second kappa shape index (κ2) is 4.97. The highest BCUT2D eigenvalue weighted by atomic mass is 16.3. The minimum Gasteiger partial charge on any atom is -0.388 e. The first kappa shape index (κ1) is 11.0. The highest BCUT2D eigenvalue weighted by Crippen LogP contribution is 2.26. The van der Waals surface area contributed by atoms with Crippen LogP contribution in [0.4, 0.5) is 0 Å². The van der Waals surface area contributed by atoms with Gasteiger partial charge in [-0.25, -0.2) is 0 Å². The summed E-state index contributed by atoms with van der Waals surface area (Å²) in [7, 11) is 0. The second-order valence-corrected chi connectivity index (χ2v) is 3.68. The largest absolute Gasteiger partial charge is 0.388 e. The summed E-state index contributed by atoms with van der Waals surface area (Å²) in [6, 6.07) is 9.80. The van der Waals surface area contributed by atoms with E-state index in [9.17, 15) is 5.11 Å².